The van der Waals surface area contributed by atoms with Gasteiger partial charge in [0.1, 0.15) is 5.82 Å². The predicted octanol–water partition coefficient (Wildman–Crippen LogP) is 3.26. The number of carbonyl (C=O) groups is 1. The van der Waals surface area contributed by atoms with Crippen LogP contribution in [0.4, 0.5) is 0 Å². The van der Waals surface area contributed by atoms with Gasteiger partial charge in [-0.3, -0.25) is 4.79 Å². The SMILES string of the molecule is O=C1C[C@H](c2nc(C3CC3)nn2-c2ccccn2)c2ccccc21. The standard InChI is InChI=1S/C19H16N4O/c24-16-11-15(13-5-1-2-6-14(13)16)19-21-18(12-8-9-12)22-23(19)17-7-3-4-10-20-17/h1-7,10,12,15H,8-9,11H2/t15-/m0/s1. The molecular formula is C19H16N4O. The van der Waals surface area contributed by atoms with Gasteiger partial charge in [-0.05, 0) is 30.5 Å². The number of aromatic nitrogens is 4. The van der Waals surface area contributed by atoms with E-state index in [1.807, 2.05) is 47.1 Å². The minimum absolute atomic E-state index is 0.0456. The number of hydrogen-bond donors (Lipinski definition) is 0. The van der Waals surface area contributed by atoms with Crippen LogP contribution in [0.5, 0.6) is 0 Å². The molecular weight excluding hydrogens is 300 g/mol. The minimum Gasteiger partial charge on any atom is -0.294 e. The van der Waals surface area contributed by atoms with E-state index in [1.165, 1.54) is 0 Å². The Morgan fingerprint density at radius 1 is 1.04 bits per heavy atom. The lowest BCUT2D eigenvalue weighted by molar-refractivity contribution is 0.0990. The molecule has 5 rings (SSSR count). The Kier molecular flexibility index (Phi) is 2.89. The average molecular weight is 316 g/mol. The van der Waals surface area contributed by atoms with Gasteiger partial charge in [-0.1, -0.05) is 30.3 Å². The van der Waals surface area contributed by atoms with E-state index < -0.39 is 0 Å². The van der Waals surface area contributed by atoms with Crippen molar-refractivity contribution in [3.63, 3.8) is 0 Å². The third-order valence-electron chi connectivity index (χ3n) is 4.80. The van der Waals surface area contributed by atoms with Crippen molar-refractivity contribution >= 4 is 5.78 Å². The molecule has 0 amide bonds. The number of rotatable bonds is 3. The summed E-state index contributed by atoms with van der Waals surface area (Å²) in [7, 11) is 0. The number of pyridine rings is 1. The van der Waals surface area contributed by atoms with E-state index in [-0.39, 0.29) is 11.7 Å². The fourth-order valence-corrected chi connectivity index (χ4v) is 3.42. The van der Waals surface area contributed by atoms with E-state index in [0.717, 1.165) is 41.4 Å². The fraction of sp³-hybridized carbons (Fsp3) is 0.263. The van der Waals surface area contributed by atoms with E-state index in [4.69, 9.17) is 10.1 Å². The van der Waals surface area contributed by atoms with Crippen LogP contribution in [-0.4, -0.2) is 25.5 Å². The molecule has 2 heterocycles. The lowest BCUT2D eigenvalue weighted by Gasteiger charge is -2.11. The van der Waals surface area contributed by atoms with Gasteiger partial charge in [0.2, 0.25) is 0 Å². The zero-order valence-corrected chi connectivity index (χ0v) is 13.1. The van der Waals surface area contributed by atoms with E-state index >= 15 is 0 Å². The molecule has 118 valence electrons. The average Bonchev–Trinajstić information content (AvgIpc) is 3.30. The maximum atomic E-state index is 12.4. The normalized spacial score (nSPS) is 19.5. The molecule has 2 aliphatic carbocycles. The summed E-state index contributed by atoms with van der Waals surface area (Å²) in [6, 6.07) is 13.6. The van der Waals surface area contributed by atoms with Crippen LogP contribution in [0.15, 0.2) is 48.7 Å². The van der Waals surface area contributed by atoms with E-state index in [1.54, 1.807) is 6.20 Å². The summed E-state index contributed by atoms with van der Waals surface area (Å²) >= 11 is 0. The highest BCUT2D eigenvalue weighted by molar-refractivity contribution is 6.01. The number of carbonyl (C=O) groups excluding carboxylic acids is 1. The van der Waals surface area contributed by atoms with Crippen LogP contribution < -0.4 is 0 Å². The van der Waals surface area contributed by atoms with E-state index in [0.29, 0.717) is 12.3 Å². The number of Topliss-reactive ketones (excluding diaryl/α,β-unsaturated/α-hetero) is 1. The Bertz CT molecular complexity index is 928. The third-order valence-corrected chi connectivity index (χ3v) is 4.80. The van der Waals surface area contributed by atoms with Crippen molar-refractivity contribution in [2.45, 2.75) is 31.1 Å². The quantitative estimate of drug-likeness (QED) is 0.744. The molecule has 0 saturated heterocycles. The molecule has 0 aliphatic heterocycles. The number of hydrogen-bond acceptors (Lipinski definition) is 4. The van der Waals surface area contributed by atoms with Gasteiger partial charge in [-0.25, -0.2) is 9.97 Å². The first-order valence-corrected chi connectivity index (χ1v) is 8.31. The van der Waals surface area contributed by atoms with Gasteiger partial charge in [-0.15, -0.1) is 5.10 Å². The first-order chi connectivity index (χ1) is 11.8. The summed E-state index contributed by atoms with van der Waals surface area (Å²) < 4.78 is 1.83. The van der Waals surface area contributed by atoms with Crippen LogP contribution in [0.2, 0.25) is 0 Å². The molecule has 0 unspecified atom stereocenters. The van der Waals surface area contributed by atoms with Crippen molar-refractivity contribution in [2.75, 3.05) is 0 Å². The summed E-state index contributed by atoms with van der Waals surface area (Å²) in [4.78, 5) is 21.6. The second-order valence-electron chi connectivity index (χ2n) is 6.47. The highest BCUT2D eigenvalue weighted by Gasteiger charge is 2.36. The lowest BCUT2D eigenvalue weighted by Crippen LogP contribution is -2.09. The van der Waals surface area contributed by atoms with Gasteiger partial charge >= 0.3 is 0 Å². The molecule has 1 saturated carbocycles. The predicted molar refractivity (Wildman–Crippen MR) is 88.4 cm³/mol. The van der Waals surface area contributed by atoms with Gasteiger partial charge in [0.25, 0.3) is 0 Å². The fourth-order valence-electron chi connectivity index (χ4n) is 3.42. The van der Waals surface area contributed by atoms with Crippen LogP contribution >= 0.6 is 0 Å². The highest BCUT2D eigenvalue weighted by atomic mass is 16.1. The minimum atomic E-state index is -0.0456. The Morgan fingerprint density at radius 2 is 1.88 bits per heavy atom. The van der Waals surface area contributed by atoms with E-state index in [2.05, 4.69) is 4.98 Å². The van der Waals surface area contributed by atoms with Crippen molar-refractivity contribution in [3.8, 4) is 5.82 Å². The molecule has 2 aliphatic rings. The number of benzene rings is 1. The largest absolute Gasteiger partial charge is 0.294 e. The number of nitrogens with zero attached hydrogens (tertiary/aromatic N) is 4. The third kappa shape index (κ3) is 2.08. The molecule has 0 N–H and O–H groups in total. The maximum absolute atomic E-state index is 12.4. The van der Waals surface area contributed by atoms with Gasteiger partial charge in [0, 0.05) is 24.1 Å². The molecule has 0 radical (unpaired) electrons. The van der Waals surface area contributed by atoms with E-state index in [9.17, 15) is 4.79 Å². The van der Waals surface area contributed by atoms with Crippen LogP contribution in [0.25, 0.3) is 5.82 Å². The van der Waals surface area contributed by atoms with Crippen molar-refractivity contribution in [1.29, 1.82) is 0 Å². The maximum Gasteiger partial charge on any atom is 0.164 e. The first kappa shape index (κ1) is 13.6. The van der Waals surface area contributed by atoms with Crippen LogP contribution in [0.1, 0.15) is 58.7 Å². The molecule has 1 aromatic carbocycles. The molecule has 0 spiro atoms. The number of fused-ring (bicyclic) bond motifs is 1. The van der Waals surface area contributed by atoms with Crippen LogP contribution in [-0.2, 0) is 0 Å². The summed E-state index contributed by atoms with van der Waals surface area (Å²) in [5.74, 6) is 3.06. The van der Waals surface area contributed by atoms with Gasteiger partial charge < -0.3 is 0 Å². The lowest BCUT2D eigenvalue weighted by atomic mass is 10.0. The second-order valence-corrected chi connectivity index (χ2v) is 6.47. The molecule has 1 atom stereocenters. The van der Waals surface area contributed by atoms with Gasteiger partial charge in [0.05, 0.1) is 5.92 Å². The van der Waals surface area contributed by atoms with Gasteiger partial charge in [-0.2, -0.15) is 4.68 Å². The van der Waals surface area contributed by atoms with Crippen molar-refractivity contribution in [1.82, 2.24) is 19.7 Å². The van der Waals surface area contributed by atoms with Crippen molar-refractivity contribution in [3.05, 3.63) is 71.4 Å². The highest BCUT2D eigenvalue weighted by Crippen LogP contribution is 2.41. The first-order valence-electron chi connectivity index (χ1n) is 8.31. The molecule has 24 heavy (non-hydrogen) atoms. The van der Waals surface area contributed by atoms with Crippen molar-refractivity contribution < 1.29 is 4.79 Å². The Hall–Kier alpha value is -2.82. The second kappa shape index (κ2) is 5.09. The Morgan fingerprint density at radius 3 is 2.67 bits per heavy atom. The molecule has 2 aromatic heterocycles. The monoisotopic (exact) mass is 316 g/mol. The van der Waals surface area contributed by atoms with Crippen LogP contribution in [0, 0.1) is 0 Å². The van der Waals surface area contributed by atoms with Crippen LogP contribution in [0.3, 0.4) is 0 Å². The van der Waals surface area contributed by atoms with Crippen molar-refractivity contribution in [2.24, 2.45) is 0 Å². The Labute approximate surface area is 139 Å². The zero-order valence-electron chi connectivity index (χ0n) is 13.1. The molecule has 3 aromatic rings. The topological polar surface area (TPSA) is 60.7 Å². The molecule has 5 heteroatoms. The summed E-state index contributed by atoms with van der Waals surface area (Å²) in [5.41, 5.74) is 1.86. The number of ketones is 1. The molecule has 5 nitrogen and oxygen atoms in total. The molecule has 0 bridgehead atoms. The summed E-state index contributed by atoms with van der Waals surface area (Å²) in [6.45, 7) is 0. The summed E-state index contributed by atoms with van der Waals surface area (Å²) in [5, 5.41) is 4.72. The summed E-state index contributed by atoms with van der Waals surface area (Å²) in [6.07, 6.45) is 4.50. The Balaban J connectivity index is 1.67. The smallest absolute Gasteiger partial charge is 0.164 e. The molecule has 1 fully saturated rings. The van der Waals surface area contributed by atoms with Gasteiger partial charge in [0.15, 0.2) is 17.4 Å². The zero-order chi connectivity index (χ0) is 16.1.